The molecule has 5 aromatic carbocycles. The summed E-state index contributed by atoms with van der Waals surface area (Å²) in [6.45, 7) is 89.7. The lowest BCUT2D eigenvalue weighted by atomic mass is 9.86. The quantitative estimate of drug-likeness (QED) is 0.110. The Morgan fingerprint density at radius 2 is 0.719 bits per heavy atom. The SMILES string of the molecule is C.CC(=O)N1CC(N2CCC(C#CC(C)(C)C)CC2)C1.CC(C)(C)c1ccc(C(=O)N2CCOCC2)cc1.CCN1CCN(C(=O)c2ccc(C(C)(C)C)cc2)CC1.CCN1CCN(Cc2ccc(C(C)(C)C)cc2)CC1.CCN1CCN(c2ccc(C(C)(C)C)cc2)CC1.CCN1CCN(c2ccc(C(C)(C)C)cn2)CC1.CCNC(=O)c1ccc(C(C)(C)C)cc1. The van der Waals surface area contributed by atoms with Crippen molar-refractivity contribution in [1.82, 2.24) is 54.4 Å². The van der Waals surface area contributed by atoms with Crippen molar-refractivity contribution >= 4 is 35.1 Å². The third-order valence-electron chi connectivity index (χ3n) is 25.6. The lowest BCUT2D eigenvalue weighted by Crippen LogP contribution is -2.61. The number of nitrogens with zero attached hydrogens (tertiary/aromatic N) is 12. The molecule has 7 fully saturated rings. The third-order valence-corrected chi connectivity index (χ3v) is 25.6. The molecule has 0 radical (unpaired) electrons. The summed E-state index contributed by atoms with van der Waals surface area (Å²) in [5.41, 5.74) is 14.2. The van der Waals surface area contributed by atoms with Crippen molar-refractivity contribution in [2.75, 3.05) is 200 Å². The molecular weight excluding hydrogens is 1580 g/mol. The molecule has 710 valence electrons. The van der Waals surface area contributed by atoms with Crippen LogP contribution in [-0.4, -0.2) is 269 Å². The lowest BCUT2D eigenvalue weighted by molar-refractivity contribution is -0.136. The standard InChI is InChI=1S/C17H26N2O.C17H28N2.C16H26N2O.C16H26N2.C15H25N3.C15H21NO2.C13H19NO.CH4/c1-5-18-10-12-19(13-11-18)16(20)14-6-8-15(9-7-14)17(2,3)4;1-5-18-10-12-19(13-11-18)14-15-6-8-16(9-7-15)17(2,3)4;1-13(19)18-11-15(12-18)17-9-6-14(7-10-17)5-8-16(2,3)4;1-5-17-10-12-18(13-11-17)15-8-6-14(7-9-15)16(2,3)4;1-5-17-8-10-18(11-9-17)14-7-6-13(12-16-14)15(2,3)4;1-15(2,3)13-6-4-12(5-7-13)14(17)16-8-10-18-11-9-16;1-5-14-12(15)10-6-8-11(9-7-10)13(2,3)4;/h6-9H,5,10-13H2,1-4H3;6-9H,5,10-14H2,1-4H3;14-15H,6-7,9-12H2,1-4H3;6-9H,5,10-13H2,1-4H3;6-7,12H,5,8-11H2,1-4H3;4-7H,8-11H2,1-3H3;6-9H,5H2,1-4H3,(H,14,15);1H4. The minimum atomic E-state index is -0.00189. The molecule has 4 amide bonds. The molecule has 1 aromatic heterocycles. The smallest absolute Gasteiger partial charge is 0.254 e. The summed E-state index contributed by atoms with van der Waals surface area (Å²) in [6.07, 6.45) is 4.39. The average Bonchev–Trinajstić information content (AvgIpc) is 0.825. The molecule has 7 aliphatic heterocycles. The highest BCUT2D eigenvalue weighted by Crippen LogP contribution is 2.31. The number of ether oxygens (including phenoxy) is 1. The van der Waals surface area contributed by atoms with Crippen LogP contribution in [0.3, 0.4) is 0 Å². The van der Waals surface area contributed by atoms with Gasteiger partial charge in [-0.15, -0.1) is 0 Å². The van der Waals surface area contributed by atoms with Crippen LogP contribution in [0.1, 0.15) is 277 Å². The Morgan fingerprint density at radius 3 is 1.07 bits per heavy atom. The van der Waals surface area contributed by atoms with Gasteiger partial charge in [0.1, 0.15) is 5.82 Å². The zero-order valence-electron chi connectivity index (χ0n) is 84.5. The number of carbonyl (C=O) groups is 4. The number of nitrogens with one attached hydrogen (secondary N) is 1. The Kier molecular flexibility index (Phi) is 43.0. The van der Waals surface area contributed by atoms with Gasteiger partial charge in [-0.25, -0.2) is 4.98 Å². The molecule has 128 heavy (non-hydrogen) atoms. The van der Waals surface area contributed by atoms with Crippen LogP contribution in [0, 0.1) is 23.2 Å². The van der Waals surface area contributed by atoms with Crippen LogP contribution in [0.2, 0.25) is 0 Å². The lowest BCUT2D eigenvalue weighted by Gasteiger charge is -2.47. The van der Waals surface area contributed by atoms with E-state index < -0.39 is 0 Å². The third kappa shape index (κ3) is 36.3. The van der Waals surface area contributed by atoms with E-state index in [0.717, 1.165) is 134 Å². The zero-order chi connectivity index (χ0) is 93.7. The number of likely N-dealkylation sites (tertiary alicyclic amines) is 2. The normalized spacial score (nSPS) is 17.6. The number of carbonyl (C=O) groups excluding carboxylic acids is 4. The maximum absolute atomic E-state index is 12.5. The number of pyridine rings is 1. The summed E-state index contributed by atoms with van der Waals surface area (Å²) in [5.74, 6) is 8.99. The van der Waals surface area contributed by atoms with Crippen molar-refractivity contribution in [3.8, 4) is 11.8 Å². The first-order valence-electron chi connectivity index (χ1n) is 48.3. The van der Waals surface area contributed by atoms with Crippen LogP contribution in [0.5, 0.6) is 0 Å². The van der Waals surface area contributed by atoms with Crippen LogP contribution in [0.4, 0.5) is 11.5 Å². The second kappa shape index (κ2) is 50.6. The maximum atomic E-state index is 12.5. The van der Waals surface area contributed by atoms with E-state index in [1.54, 1.807) is 6.92 Å². The van der Waals surface area contributed by atoms with E-state index >= 15 is 0 Å². The van der Waals surface area contributed by atoms with Crippen LogP contribution in [0.25, 0.3) is 0 Å². The highest BCUT2D eigenvalue weighted by molar-refractivity contribution is 5.95. The van der Waals surface area contributed by atoms with E-state index in [-0.39, 0.29) is 69.0 Å². The Bertz CT molecular complexity index is 4190. The van der Waals surface area contributed by atoms with Crippen molar-refractivity contribution < 1.29 is 23.9 Å². The number of morpholine rings is 1. The first kappa shape index (κ1) is 109. The van der Waals surface area contributed by atoms with E-state index in [4.69, 9.17) is 4.74 Å². The number of aromatic nitrogens is 1. The maximum Gasteiger partial charge on any atom is 0.254 e. The van der Waals surface area contributed by atoms with Crippen LogP contribution in [-0.2, 0) is 48.6 Å². The number of likely N-dealkylation sites (N-methyl/N-ethyl adjacent to an activating group) is 4. The number of piperidine rings is 1. The van der Waals surface area contributed by atoms with Gasteiger partial charge in [0, 0.05) is 197 Å². The second-order valence-electron chi connectivity index (χ2n) is 42.8. The van der Waals surface area contributed by atoms with Gasteiger partial charge in [0.05, 0.1) is 13.2 Å². The summed E-state index contributed by atoms with van der Waals surface area (Å²) in [7, 11) is 0. The first-order chi connectivity index (χ1) is 59.7. The number of anilines is 2. The molecule has 7 saturated heterocycles. The van der Waals surface area contributed by atoms with E-state index in [1.165, 1.54) is 110 Å². The highest BCUT2D eigenvalue weighted by Gasteiger charge is 2.35. The molecule has 0 saturated carbocycles. The van der Waals surface area contributed by atoms with Crippen molar-refractivity contribution in [2.24, 2.45) is 11.3 Å². The minimum Gasteiger partial charge on any atom is -0.378 e. The van der Waals surface area contributed by atoms with Crippen LogP contribution in [0.15, 0.2) is 140 Å². The summed E-state index contributed by atoms with van der Waals surface area (Å²) < 4.78 is 5.26. The summed E-state index contributed by atoms with van der Waals surface area (Å²) in [6, 6.07) is 47.1. The van der Waals surface area contributed by atoms with E-state index in [1.807, 2.05) is 88.5 Å². The number of piperazine rings is 4. The van der Waals surface area contributed by atoms with Crippen LogP contribution >= 0.6 is 0 Å². The second-order valence-corrected chi connectivity index (χ2v) is 42.8. The van der Waals surface area contributed by atoms with Gasteiger partial charge in [0.25, 0.3) is 17.7 Å². The monoisotopic (exact) mass is 1760 g/mol. The predicted octanol–water partition coefficient (Wildman–Crippen LogP) is 19.3. The zero-order valence-corrected chi connectivity index (χ0v) is 84.5. The van der Waals surface area contributed by atoms with Gasteiger partial charge in [-0.05, 0) is 206 Å². The van der Waals surface area contributed by atoms with Gasteiger partial charge in [-0.2, -0.15) is 0 Å². The molecule has 18 heteroatoms. The van der Waals surface area contributed by atoms with E-state index in [2.05, 4.69) is 307 Å². The number of hydrogen-bond donors (Lipinski definition) is 1. The molecule has 6 aromatic rings. The molecule has 0 unspecified atom stereocenters. The minimum absolute atomic E-state index is 0. The van der Waals surface area contributed by atoms with Gasteiger partial charge < -0.3 is 54.2 Å². The molecule has 7 aliphatic rings. The molecule has 0 aliphatic carbocycles. The molecule has 0 spiro atoms. The number of amides is 4. The molecule has 0 bridgehead atoms. The number of benzene rings is 5. The molecule has 13 rings (SSSR count). The van der Waals surface area contributed by atoms with Gasteiger partial charge in [0.2, 0.25) is 5.91 Å². The molecule has 8 heterocycles. The topological polar surface area (TPSA) is 138 Å². The molecule has 18 nitrogen and oxygen atoms in total. The fourth-order valence-corrected chi connectivity index (χ4v) is 16.1. The van der Waals surface area contributed by atoms with Gasteiger partial charge >= 0.3 is 0 Å². The molecule has 0 atom stereocenters. The van der Waals surface area contributed by atoms with E-state index in [0.29, 0.717) is 44.8 Å². The summed E-state index contributed by atoms with van der Waals surface area (Å²) in [5, 5.41) is 2.78. The van der Waals surface area contributed by atoms with Gasteiger partial charge in [0.15, 0.2) is 0 Å². The fourth-order valence-electron chi connectivity index (χ4n) is 16.1. The fraction of sp³-hybridized carbons (Fsp3) is 0.627. The number of rotatable bonds is 13. The summed E-state index contributed by atoms with van der Waals surface area (Å²) in [4.78, 5) is 77.6. The predicted molar refractivity (Wildman–Crippen MR) is 542 cm³/mol. The van der Waals surface area contributed by atoms with Crippen molar-refractivity contribution in [3.63, 3.8) is 0 Å². The Hall–Kier alpha value is -7.99. The largest absolute Gasteiger partial charge is 0.378 e. The Morgan fingerprint density at radius 1 is 0.383 bits per heavy atom. The average molecular weight is 1760 g/mol. The summed E-state index contributed by atoms with van der Waals surface area (Å²) >= 11 is 0. The van der Waals surface area contributed by atoms with Crippen molar-refractivity contribution in [2.45, 2.75) is 252 Å². The molecular formula is C110H175N13O5. The van der Waals surface area contributed by atoms with Crippen molar-refractivity contribution in [3.05, 3.63) is 195 Å². The van der Waals surface area contributed by atoms with Crippen LogP contribution < -0.4 is 15.1 Å². The Labute approximate surface area is 779 Å². The van der Waals surface area contributed by atoms with Gasteiger partial charge in [-0.3, -0.25) is 29.0 Å². The number of hydrogen-bond acceptors (Lipinski definition) is 14. The Balaban J connectivity index is 0.000000230. The van der Waals surface area contributed by atoms with Crippen molar-refractivity contribution in [1.29, 1.82) is 0 Å². The molecule has 1 N–H and O–H groups in total. The van der Waals surface area contributed by atoms with E-state index in [9.17, 15) is 19.2 Å². The first-order valence-corrected chi connectivity index (χ1v) is 48.3. The van der Waals surface area contributed by atoms with Gasteiger partial charge in [-0.1, -0.05) is 250 Å². The highest BCUT2D eigenvalue weighted by atomic mass is 16.5.